The van der Waals surface area contributed by atoms with Crippen LogP contribution >= 0.6 is 12.2 Å². The van der Waals surface area contributed by atoms with E-state index in [0.29, 0.717) is 89.7 Å². The number of ketones is 1. The van der Waals surface area contributed by atoms with Crippen LogP contribution in [0.4, 0.5) is 19.7 Å². The van der Waals surface area contributed by atoms with Crippen LogP contribution in [0.2, 0.25) is 0 Å². The number of ether oxygens (including phenoxy) is 2. The van der Waals surface area contributed by atoms with Gasteiger partial charge in [-0.15, -0.1) is 0 Å². The zero-order valence-corrected chi connectivity index (χ0v) is 45.1. The van der Waals surface area contributed by atoms with Crippen molar-refractivity contribution in [2.45, 2.75) is 136 Å². The zero-order valence-electron chi connectivity index (χ0n) is 44.3. The van der Waals surface area contributed by atoms with E-state index in [-0.39, 0.29) is 93.9 Å². The summed E-state index contributed by atoms with van der Waals surface area (Å²) in [6, 6.07) is 8.69. The van der Waals surface area contributed by atoms with Gasteiger partial charge >= 0.3 is 12.1 Å². The molecule has 0 spiro atoms. The van der Waals surface area contributed by atoms with Gasteiger partial charge < -0.3 is 46.4 Å². The second-order valence-corrected chi connectivity index (χ2v) is 20.4. The van der Waals surface area contributed by atoms with Crippen LogP contribution in [0, 0.1) is 23.3 Å². The lowest BCUT2D eigenvalue weighted by atomic mass is 9.81. The number of anilines is 1. The number of imide groups is 1. The van der Waals surface area contributed by atoms with E-state index >= 15 is 0 Å². The summed E-state index contributed by atoms with van der Waals surface area (Å²) in [5, 5.41) is 16.7. The number of carbonyl (C=O) groups excluding carboxylic acids is 9. The molecule has 1 saturated heterocycles. The van der Waals surface area contributed by atoms with Crippen LogP contribution < -0.4 is 37.6 Å². The molecule has 2 aliphatic heterocycles. The van der Waals surface area contributed by atoms with Gasteiger partial charge in [-0.3, -0.25) is 43.8 Å². The number of aryl methyl sites for hydroxylation is 1. The number of alkyl carbamates (subject to hydrolysis) is 1. The number of likely N-dealkylation sites (tertiary alicyclic amines) is 1. The molecule has 4 aromatic rings. The average Bonchev–Trinajstić information content (AvgIpc) is 4.10. The van der Waals surface area contributed by atoms with Gasteiger partial charge in [0.1, 0.15) is 48.3 Å². The van der Waals surface area contributed by atoms with Crippen molar-refractivity contribution < 1.29 is 57.0 Å². The molecule has 0 unspecified atom stereocenters. The number of Topliss-reactive ketones (excluding diaryl/α,β-unsaturated/α-hetero) is 1. The number of halogens is 1. The summed E-state index contributed by atoms with van der Waals surface area (Å²) in [7, 11) is 0. The lowest BCUT2D eigenvalue weighted by Crippen LogP contribution is -2.54. The number of nitrogens with one attached hydrogen (secondary N) is 6. The predicted molar refractivity (Wildman–Crippen MR) is 287 cm³/mol. The van der Waals surface area contributed by atoms with Crippen LogP contribution in [0.3, 0.4) is 0 Å². The van der Waals surface area contributed by atoms with Crippen LogP contribution in [0.1, 0.15) is 124 Å². The molecule has 78 heavy (non-hydrogen) atoms. The third-order valence-corrected chi connectivity index (χ3v) is 14.7. The minimum atomic E-state index is -1.08. The van der Waals surface area contributed by atoms with Crippen LogP contribution in [-0.2, 0) is 69.2 Å². The first kappa shape index (κ1) is 58.0. The number of urea groups is 1. The summed E-state index contributed by atoms with van der Waals surface area (Å²) in [4.78, 5) is 120. The van der Waals surface area contributed by atoms with Gasteiger partial charge in [0.15, 0.2) is 0 Å². The van der Waals surface area contributed by atoms with Gasteiger partial charge in [-0.05, 0) is 103 Å². The van der Waals surface area contributed by atoms with Crippen molar-refractivity contribution in [3.05, 3.63) is 86.3 Å². The number of rotatable bonds is 25. The number of aromatic nitrogens is 2. The third-order valence-electron chi connectivity index (χ3n) is 14.2. The summed E-state index contributed by atoms with van der Waals surface area (Å²) in [5.41, 5.74) is 11.8. The van der Waals surface area contributed by atoms with Gasteiger partial charge in [0.2, 0.25) is 35.4 Å². The Morgan fingerprint density at radius 2 is 1.62 bits per heavy atom. The molecule has 23 heteroatoms. The number of benzene rings is 2. The number of pyridine rings is 2. The SMILES string of the molecule is CC[C@H]1C(=O)CCc2c1cc1n(c2=S)Cc2c-1nc1cc(F)c(C)cc1c2CNC(=O)COCNC(=O)OCc1ccc(NC(=O)[C@H](CCCNC(N)=O)NC(=O)[C@@H](NC(=O)CCCCCN2C(=O)CCC2=O)C(C)C)cc1. The summed E-state index contributed by atoms with van der Waals surface area (Å²) in [5.74, 6) is -3.21. The Labute approximate surface area is 455 Å². The minimum absolute atomic E-state index is 0.0666. The highest BCUT2D eigenvalue weighted by molar-refractivity contribution is 7.71. The van der Waals surface area contributed by atoms with Crippen molar-refractivity contribution in [3.63, 3.8) is 0 Å². The quantitative estimate of drug-likeness (QED) is 0.0165. The molecule has 2 aromatic carbocycles. The molecule has 7 rings (SSSR count). The lowest BCUT2D eigenvalue weighted by Gasteiger charge is -2.25. The molecule has 2 aromatic heterocycles. The molecule has 21 nitrogen and oxygen atoms in total. The van der Waals surface area contributed by atoms with Crippen LogP contribution in [0.25, 0.3) is 22.3 Å². The smallest absolute Gasteiger partial charge is 0.409 e. The zero-order chi connectivity index (χ0) is 56.2. The Balaban J connectivity index is 0.862. The van der Waals surface area contributed by atoms with E-state index in [1.807, 2.05) is 17.6 Å². The Bertz CT molecular complexity index is 3040. The van der Waals surface area contributed by atoms with E-state index in [9.17, 15) is 47.5 Å². The fraction of sp³-hybridized carbons (Fsp3) is 0.473. The van der Waals surface area contributed by atoms with Crippen molar-refractivity contribution in [1.82, 2.24) is 41.0 Å². The highest BCUT2D eigenvalue weighted by Crippen LogP contribution is 2.42. The third kappa shape index (κ3) is 14.5. The number of nitrogens with two attached hydrogens (primary N) is 1. The number of unbranched alkanes of at least 4 members (excludes halogenated alkanes) is 2. The van der Waals surface area contributed by atoms with Gasteiger partial charge in [-0.1, -0.05) is 51.5 Å². The average molecular weight is 1100 g/mol. The first-order chi connectivity index (χ1) is 37.3. The van der Waals surface area contributed by atoms with Crippen molar-refractivity contribution in [1.29, 1.82) is 0 Å². The summed E-state index contributed by atoms with van der Waals surface area (Å²) >= 11 is 5.99. The summed E-state index contributed by atoms with van der Waals surface area (Å²) in [6.45, 7) is 7.14. The molecule has 0 bridgehead atoms. The fourth-order valence-corrected chi connectivity index (χ4v) is 10.3. The van der Waals surface area contributed by atoms with E-state index in [1.165, 1.54) is 11.0 Å². The normalized spacial score (nSPS) is 15.3. The molecule has 416 valence electrons. The molecular formula is C55H67FN10O11S. The minimum Gasteiger partial charge on any atom is -0.445 e. The molecule has 4 heterocycles. The number of hydrogen-bond donors (Lipinski definition) is 7. The summed E-state index contributed by atoms with van der Waals surface area (Å²) < 4.78 is 28.3. The van der Waals surface area contributed by atoms with E-state index in [1.54, 1.807) is 51.1 Å². The second-order valence-electron chi connectivity index (χ2n) is 20.1. The van der Waals surface area contributed by atoms with E-state index < -0.39 is 54.4 Å². The van der Waals surface area contributed by atoms with Gasteiger partial charge in [0.25, 0.3) is 0 Å². The number of primary amides is 1. The monoisotopic (exact) mass is 1090 g/mol. The maximum absolute atomic E-state index is 14.9. The number of fused-ring (bicyclic) bond motifs is 5. The number of amides is 9. The Morgan fingerprint density at radius 3 is 2.32 bits per heavy atom. The van der Waals surface area contributed by atoms with Crippen LogP contribution in [0.5, 0.6) is 0 Å². The Morgan fingerprint density at radius 1 is 0.872 bits per heavy atom. The maximum Gasteiger partial charge on any atom is 0.409 e. The predicted octanol–water partition coefficient (Wildman–Crippen LogP) is 5.49. The van der Waals surface area contributed by atoms with Crippen LogP contribution in [0.15, 0.2) is 42.5 Å². The van der Waals surface area contributed by atoms with Gasteiger partial charge in [-0.25, -0.2) is 19.0 Å². The van der Waals surface area contributed by atoms with Crippen molar-refractivity contribution >= 4 is 82.2 Å². The first-order valence-electron chi connectivity index (χ1n) is 26.4. The highest BCUT2D eigenvalue weighted by Gasteiger charge is 2.34. The van der Waals surface area contributed by atoms with Gasteiger partial charge in [-0.2, -0.15) is 0 Å². The van der Waals surface area contributed by atoms with Crippen molar-refractivity contribution in [2.75, 3.05) is 31.7 Å². The number of nitrogens with zero attached hydrogens (tertiary/aromatic N) is 3. The standard InChI is InChI=1S/C55H67FN10O11S/c1-5-34-36-23-43-50-39(26-66(43)53(78)35(36)16-17-44(34)67)38(37-22-31(4)40(56)24-42(37)62-50)25-59-46(69)28-76-29-60-55(75)77-27-32-12-14-33(15-13-32)61-51(72)41(10-9-20-58-54(57)74)63-52(73)49(30(2)3)64-45(68)11-7-6-8-21-65-47(70)18-19-48(65)71/h12-15,22-24,30,34,41,49H,5-11,16-21,25-29H2,1-4H3,(H,59,69)(H,60,75)(H,61,72)(H,63,73)(H,64,68)(H3,57,58,74)/t34-,41+,49+/m1/s1. The molecule has 3 atom stereocenters. The topological polar surface area (TPSA) is 291 Å². The molecule has 8 N–H and O–H groups in total. The first-order valence-corrected chi connectivity index (χ1v) is 26.8. The van der Waals surface area contributed by atoms with Crippen molar-refractivity contribution in [2.24, 2.45) is 11.7 Å². The van der Waals surface area contributed by atoms with E-state index in [4.69, 9.17) is 32.4 Å². The Hall–Kier alpha value is -7.66. The molecule has 1 aliphatic carbocycles. The molecule has 3 aliphatic rings. The molecular weight excluding hydrogens is 1030 g/mol. The second kappa shape index (κ2) is 26.6. The molecule has 0 saturated carbocycles. The van der Waals surface area contributed by atoms with Crippen molar-refractivity contribution in [3.8, 4) is 11.4 Å². The van der Waals surface area contributed by atoms with Gasteiger partial charge in [0, 0.05) is 73.9 Å². The molecule has 0 radical (unpaired) electrons. The molecule has 1 fully saturated rings. The highest BCUT2D eigenvalue weighted by atomic mass is 32.1. The van der Waals surface area contributed by atoms with Gasteiger partial charge in [0.05, 0.1) is 23.4 Å². The Kier molecular flexibility index (Phi) is 19.8. The van der Waals surface area contributed by atoms with Crippen LogP contribution in [-0.4, -0.2) is 106 Å². The largest absolute Gasteiger partial charge is 0.445 e. The lowest BCUT2D eigenvalue weighted by molar-refractivity contribution is -0.138. The van der Waals surface area contributed by atoms with E-state index in [0.717, 1.165) is 27.9 Å². The fourth-order valence-electron chi connectivity index (χ4n) is 9.95. The van der Waals surface area contributed by atoms with E-state index in [2.05, 4.69) is 31.9 Å². The summed E-state index contributed by atoms with van der Waals surface area (Å²) in [6.07, 6.45) is 3.40. The molecule has 9 amide bonds. The maximum atomic E-state index is 14.9. The number of carbonyl (C=O) groups is 9. The number of hydrogen-bond acceptors (Lipinski definition) is 13.